The lowest BCUT2D eigenvalue weighted by Crippen LogP contribution is -2.09. The van der Waals surface area contributed by atoms with E-state index in [9.17, 15) is 9.59 Å². The highest BCUT2D eigenvalue weighted by molar-refractivity contribution is 5.92. The van der Waals surface area contributed by atoms with Crippen molar-refractivity contribution in [3.8, 4) is 11.5 Å². The molecule has 0 fully saturated rings. The van der Waals surface area contributed by atoms with Crippen LogP contribution in [0.1, 0.15) is 24.2 Å². The first-order chi connectivity index (χ1) is 10.6. The average Bonchev–Trinajstić information content (AvgIpc) is 2.49. The molecule has 5 heteroatoms. The van der Waals surface area contributed by atoms with E-state index in [2.05, 4.69) is 5.32 Å². The molecule has 0 saturated heterocycles. The van der Waals surface area contributed by atoms with Crippen LogP contribution in [0.25, 0.3) is 0 Å². The molecule has 1 N–H and O–H groups in total. The van der Waals surface area contributed by atoms with Crippen molar-refractivity contribution in [2.75, 3.05) is 11.9 Å². The summed E-state index contributed by atoms with van der Waals surface area (Å²) in [4.78, 5) is 23.0. The van der Waals surface area contributed by atoms with E-state index in [1.807, 2.05) is 6.92 Å². The molecular weight excluding hydrogens is 282 g/mol. The van der Waals surface area contributed by atoms with Crippen LogP contribution in [0.5, 0.6) is 11.5 Å². The van der Waals surface area contributed by atoms with Gasteiger partial charge in [0.25, 0.3) is 0 Å². The Morgan fingerprint density at radius 3 is 2.41 bits per heavy atom. The van der Waals surface area contributed by atoms with Gasteiger partial charge < -0.3 is 14.8 Å². The number of benzene rings is 2. The summed E-state index contributed by atoms with van der Waals surface area (Å²) in [5.74, 6) is 0.408. The van der Waals surface area contributed by atoms with Crippen LogP contribution in [-0.2, 0) is 4.79 Å². The molecular formula is C17H17NO4. The quantitative estimate of drug-likeness (QED) is 0.680. The van der Waals surface area contributed by atoms with Crippen LogP contribution < -0.4 is 14.8 Å². The number of anilines is 1. The molecule has 0 unspecified atom stereocenters. The summed E-state index contributed by atoms with van der Waals surface area (Å²) >= 11 is 0. The van der Waals surface area contributed by atoms with Crippen LogP contribution in [0.3, 0.4) is 0 Å². The Balaban J connectivity index is 2.05. The first-order valence-electron chi connectivity index (χ1n) is 6.91. The molecule has 0 aliphatic heterocycles. The van der Waals surface area contributed by atoms with Gasteiger partial charge in [-0.1, -0.05) is 6.07 Å². The van der Waals surface area contributed by atoms with E-state index in [-0.39, 0.29) is 5.91 Å². The second-order valence-corrected chi connectivity index (χ2v) is 4.56. The zero-order valence-electron chi connectivity index (χ0n) is 12.5. The van der Waals surface area contributed by atoms with E-state index in [4.69, 9.17) is 9.47 Å². The van der Waals surface area contributed by atoms with Crippen molar-refractivity contribution in [3.05, 3.63) is 54.1 Å². The lowest BCUT2D eigenvalue weighted by Gasteiger charge is -2.07. The largest absolute Gasteiger partial charge is 0.494 e. The molecule has 2 aromatic carbocycles. The smallest absolute Gasteiger partial charge is 0.343 e. The number of carbonyl (C=O) groups is 2. The fraction of sp³-hybridized carbons (Fsp3) is 0.176. The monoisotopic (exact) mass is 299 g/mol. The van der Waals surface area contributed by atoms with Gasteiger partial charge in [-0.25, -0.2) is 4.79 Å². The van der Waals surface area contributed by atoms with Gasteiger partial charge in [0.1, 0.15) is 11.5 Å². The van der Waals surface area contributed by atoms with Crippen molar-refractivity contribution in [2.24, 2.45) is 0 Å². The van der Waals surface area contributed by atoms with E-state index in [1.54, 1.807) is 48.5 Å². The number of ether oxygens (including phenoxy) is 2. The fourth-order valence-electron chi connectivity index (χ4n) is 1.86. The maximum absolute atomic E-state index is 12.1. The number of rotatable bonds is 5. The summed E-state index contributed by atoms with van der Waals surface area (Å²) in [6, 6.07) is 13.4. The molecule has 0 aromatic heterocycles. The Kier molecular flexibility index (Phi) is 5.14. The third-order valence-corrected chi connectivity index (χ3v) is 2.77. The first kappa shape index (κ1) is 15.6. The summed E-state index contributed by atoms with van der Waals surface area (Å²) in [6.07, 6.45) is 0. The maximum atomic E-state index is 12.1. The van der Waals surface area contributed by atoms with Gasteiger partial charge in [0, 0.05) is 12.6 Å². The molecule has 0 aliphatic rings. The molecule has 2 aromatic rings. The normalized spacial score (nSPS) is 9.91. The summed E-state index contributed by atoms with van der Waals surface area (Å²) in [6.45, 7) is 3.84. The molecule has 2 rings (SSSR count). The van der Waals surface area contributed by atoms with Crippen LogP contribution in [0.15, 0.2) is 48.5 Å². The maximum Gasteiger partial charge on any atom is 0.343 e. The standard InChI is InChI=1S/C17H17NO4/c1-3-21-16-6-4-5-13(11-16)17(20)22-15-9-7-14(8-10-15)18-12(2)19/h4-11H,3H2,1-2H3,(H,18,19). The molecule has 0 saturated carbocycles. The topological polar surface area (TPSA) is 64.6 Å². The zero-order chi connectivity index (χ0) is 15.9. The van der Waals surface area contributed by atoms with Gasteiger partial charge in [-0.3, -0.25) is 4.79 Å². The van der Waals surface area contributed by atoms with Crippen molar-refractivity contribution in [1.82, 2.24) is 0 Å². The fourth-order valence-corrected chi connectivity index (χ4v) is 1.86. The molecule has 0 heterocycles. The van der Waals surface area contributed by atoms with Crippen molar-refractivity contribution < 1.29 is 19.1 Å². The molecule has 0 spiro atoms. The number of esters is 1. The molecule has 0 aliphatic carbocycles. The lowest BCUT2D eigenvalue weighted by molar-refractivity contribution is -0.114. The van der Waals surface area contributed by atoms with Crippen molar-refractivity contribution in [3.63, 3.8) is 0 Å². The molecule has 22 heavy (non-hydrogen) atoms. The highest BCUT2D eigenvalue weighted by Gasteiger charge is 2.09. The Hall–Kier alpha value is -2.82. The molecule has 0 bridgehead atoms. The van der Waals surface area contributed by atoms with Crippen LogP contribution in [0.4, 0.5) is 5.69 Å². The van der Waals surface area contributed by atoms with E-state index in [0.29, 0.717) is 29.4 Å². The Morgan fingerprint density at radius 2 is 1.77 bits per heavy atom. The number of amides is 1. The van der Waals surface area contributed by atoms with Gasteiger partial charge in [-0.05, 0) is 49.4 Å². The summed E-state index contributed by atoms with van der Waals surface area (Å²) in [7, 11) is 0. The second kappa shape index (κ2) is 7.26. The number of carbonyl (C=O) groups excluding carboxylic acids is 2. The van der Waals surface area contributed by atoms with E-state index >= 15 is 0 Å². The van der Waals surface area contributed by atoms with Gasteiger partial charge >= 0.3 is 5.97 Å². The summed E-state index contributed by atoms with van der Waals surface area (Å²) in [5.41, 5.74) is 1.06. The van der Waals surface area contributed by atoms with Gasteiger partial charge in [0.15, 0.2) is 0 Å². The van der Waals surface area contributed by atoms with Gasteiger partial charge in [-0.2, -0.15) is 0 Å². The van der Waals surface area contributed by atoms with Gasteiger partial charge in [0.05, 0.1) is 12.2 Å². The molecule has 114 valence electrons. The molecule has 1 amide bonds. The van der Waals surface area contributed by atoms with Gasteiger partial charge in [-0.15, -0.1) is 0 Å². The molecule has 0 atom stereocenters. The summed E-state index contributed by atoms with van der Waals surface area (Å²) in [5, 5.41) is 2.64. The number of nitrogens with one attached hydrogen (secondary N) is 1. The Labute approximate surface area is 128 Å². The highest BCUT2D eigenvalue weighted by atomic mass is 16.5. The minimum atomic E-state index is -0.464. The predicted octanol–water partition coefficient (Wildman–Crippen LogP) is 3.26. The zero-order valence-corrected chi connectivity index (χ0v) is 12.5. The SMILES string of the molecule is CCOc1cccc(C(=O)Oc2ccc(NC(C)=O)cc2)c1. The molecule has 0 radical (unpaired) electrons. The number of hydrogen-bond donors (Lipinski definition) is 1. The van der Waals surface area contributed by atoms with E-state index in [0.717, 1.165) is 0 Å². The van der Waals surface area contributed by atoms with Crippen LogP contribution in [-0.4, -0.2) is 18.5 Å². The highest BCUT2D eigenvalue weighted by Crippen LogP contribution is 2.19. The van der Waals surface area contributed by atoms with E-state index < -0.39 is 5.97 Å². The Bertz CT molecular complexity index is 665. The minimum absolute atomic E-state index is 0.155. The summed E-state index contributed by atoms with van der Waals surface area (Å²) < 4.78 is 10.6. The van der Waals surface area contributed by atoms with Gasteiger partial charge in [0.2, 0.25) is 5.91 Å². The average molecular weight is 299 g/mol. The van der Waals surface area contributed by atoms with Crippen LogP contribution in [0.2, 0.25) is 0 Å². The third-order valence-electron chi connectivity index (χ3n) is 2.77. The Morgan fingerprint density at radius 1 is 1.05 bits per heavy atom. The third kappa shape index (κ3) is 4.34. The van der Waals surface area contributed by atoms with Crippen molar-refractivity contribution >= 4 is 17.6 Å². The van der Waals surface area contributed by atoms with Crippen LogP contribution in [0, 0.1) is 0 Å². The minimum Gasteiger partial charge on any atom is -0.494 e. The first-order valence-corrected chi connectivity index (χ1v) is 6.91. The number of hydrogen-bond acceptors (Lipinski definition) is 4. The second-order valence-electron chi connectivity index (χ2n) is 4.56. The predicted molar refractivity (Wildman–Crippen MR) is 83.3 cm³/mol. The van der Waals surface area contributed by atoms with Crippen molar-refractivity contribution in [1.29, 1.82) is 0 Å². The van der Waals surface area contributed by atoms with E-state index in [1.165, 1.54) is 6.92 Å². The van der Waals surface area contributed by atoms with Crippen molar-refractivity contribution in [2.45, 2.75) is 13.8 Å². The van der Waals surface area contributed by atoms with Crippen LogP contribution >= 0.6 is 0 Å². The lowest BCUT2D eigenvalue weighted by atomic mass is 10.2. The molecule has 5 nitrogen and oxygen atoms in total.